The Morgan fingerprint density at radius 2 is 1.96 bits per heavy atom. The van der Waals surface area contributed by atoms with E-state index >= 15 is 0 Å². The second-order valence-electron chi connectivity index (χ2n) is 6.24. The molecule has 0 saturated carbocycles. The summed E-state index contributed by atoms with van der Waals surface area (Å²) in [7, 11) is 0. The van der Waals surface area contributed by atoms with Crippen LogP contribution < -0.4 is 10.1 Å². The summed E-state index contributed by atoms with van der Waals surface area (Å²) >= 11 is 0. The summed E-state index contributed by atoms with van der Waals surface area (Å²) in [6.45, 7) is 1.83. The Morgan fingerprint density at radius 1 is 1.08 bits per heavy atom. The van der Waals surface area contributed by atoms with Crippen molar-refractivity contribution in [1.82, 2.24) is 10.3 Å². The molecule has 0 spiro atoms. The number of pyridine rings is 1. The molecular weight excluding hydrogens is 303 g/mol. The molecule has 0 radical (unpaired) electrons. The van der Waals surface area contributed by atoms with E-state index in [0.29, 0.717) is 5.92 Å². The van der Waals surface area contributed by atoms with Gasteiger partial charge in [-0.2, -0.15) is 0 Å². The van der Waals surface area contributed by atoms with E-state index in [-0.39, 0.29) is 11.9 Å². The normalized spacial score (nSPS) is 18.6. The Balaban J connectivity index is 1.67. The van der Waals surface area contributed by atoms with Crippen LogP contribution in [-0.4, -0.2) is 18.1 Å². The summed E-state index contributed by atoms with van der Waals surface area (Å²) in [5.74, 6) is 0.778. The molecule has 2 atom stereocenters. The lowest BCUT2D eigenvalue weighted by Gasteiger charge is -2.25. The van der Waals surface area contributed by atoms with Gasteiger partial charge in [0.25, 0.3) is 0 Å². The van der Waals surface area contributed by atoms with E-state index in [1.54, 1.807) is 6.20 Å². The fourth-order valence-electron chi connectivity index (χ4n) is 3.34. The van der Waals surface area contributed by atoms with Crippen molar-refractivity contribution in [3.63, 3.8) is 0 Å². The van der Waals surface area contributed by atoms with Gasteiger partial charge < -0.3 is 10.1 Å². The molecule has 2 heterocycles. The van der Waals surface area contributed by atoms with Gasteiger partial charge in [0.2, 0.25) is 0 Å². The molecule has 122 valence electrons. The zero-order valence-corrected chi connectivity index (χ0v) is 13.3. The molecule has 1 N–H and O–H groups in total. The number of halogens is 1. The van der Waals surface area contributed by atoms with Crippen LogP contribution in [0.1, 0.15) is 18.1 Å². The first-order valence-electron chi connectivity index (χ1n) is 8.26. The maximum Gasteiger partial charge on any atom is 0.141 e. The van der Waals surface area contributed by atoms with Crippen LogP contribution in [0.3, 0.4) is 0 Å². The highest BCUT2D eigenvalue weighted by atomic mass is 19.1. The molecule has 1 aliphatic heterocycles. The molecule has 1 fully saturated rings. The quantitative estimate of drug-likeness (QED) is 0.785. The van der Waals surface area contributed by atoms with Gasteiger partial charge in [-0.1, -0.05) is 30.3 Å². The van der Waals surface area contributed by atoms with Crippen molar-refractivity contribution in [3.05, 3.63) is 72.3 Å². The van der Waals surface area contributed by atoms with Gasteiger partial charge in [0.1, 0.15) is 17.7 Å². The average molecular weight is 322 g/mol. The molecule has 4 rings (SSSR count). The summed E-state index contributed by atoms with van der Waals surface area (Å²) in [6, 6.07) is 15.8. The van der Waals surface area contributed by atoms with Gasteiger partial charge in [0.05, 0.1) is 6.20 Å². The van der Waals surface area contributed by atoms with E-state index in [1.165, 1.54) is 17.6 Å². The molecule has 2 aromatic carbocycles. The summed E-state index contributed by atoms with van der Waals surface area (Å²) in [4.78, 5) is 3.99. The minimum Gasteiger partial charge on any atom is -0.485 e. The predicted molar refractivity (Wildman–Crippen MR) is 92.5 cm³/mol. The number of aromatic nitrogens is 1. The molecule has 1 aromatic heterocycles. The van der Waals surface area contributed by atoms with E-state index in [1.807, 2.05) is 24.3 Å². The smallest absolute Gasteiger partial charge is 0.141 e. The number of rotatable bonds is 4. The van der Waals surface area contributed by atoms with Crippen molar-refractivity contribution < 1.29 is 9.13 Å². The van der Waals surface area contributed by atoms with E-state index in [2.05, 4.69) is 28.5 Å². The Hall–Kier alpha value is -2.46. The molecule has 0 amide bonds. The second kappa shape index (κ2) is 6.57. The van der Waals surface area contributed by atoms with Crippen LogP contribution in [0, 0.1) is 11.7 Å². The number of hydrogen-bond donors (Lipinski definition) is 1. The van der Waals surface area contributed by atoms with E-state index < -0.39 is 0 Å². The van der Waals surface area contributed by atoms with Crippen molar-refractivity contribution in [1.29, 1.82) is 0 Å². The van der Waals surface area contributed by atoms with Crippen molar-refractivity contribution in [2.75, 3.05) is 13.1 Å². The van der Waals surface area contributed by atoms with Crippen molar-refractivity contribution >= 4 is 10.8 Å². The van der Waals surface area contributed by atoms with Crippen molar-refractivity contribution in [2.45, 2.75) is 12.5 Å². The number of fused-ring (bicyclic) bond motifs is 1. The Bertz CT molecular complexity index is 846. The molecule has 1 aliphatic rings. The molecular formula is C20H19FN2O. The van der Waals surface area contributed by atoms with Crippen LogP contribution in [0.4, 0.5) is 4.39 Å². The van der Waals surface area contributed by atoms with E-state index in [0.717, 1.165) is 36.2 Å². The standard InChI is InChI=1S/C20H19FN2O/c21-18-9-17(12-23-13-18)20(16-7-8-22-11-16)24-19-6-5-14-3-1-2-4-15(14)10-19/h1-6,9-10,12-13,16,20,22H,7-8,11H2. The molecule has 0 bridgehead atoms. The van der Waals surface area contributed by atoms with Crippen LogP contribution in [-0.2, 0) is 0 Å². The van der Waals surface area contributed by atoms with Crippen LogP contribution in [0.2, 0.25) is 0 Å². The van der Waals surface area contributed by atoms with Crippen LogP contribution in [0.25, 0.3) is 10.8 Å². The third-order valence-corrected chi connectivity index (χ3v) is 4.57. The minimum atomic E-state index is -0.328. The summed E-state index contributed by atoms with van der Waals surface area (Å²) in [5.41, 5.74) is 0.789. The first kappa shape index (κ1) is 15.1. The fourth-order valence-corrected chi connectivity index (χ4v) is 3.34. The lowest BCUT2D eigenvalue weighted by atomic mass is 9.95. The maximum absolute atomic E-state index is 13.6. The van der Waals surface area contributed by atoms with Crippen molar-refractivity contribution in [2.24, 2.45) is 5.92 Å². The monoisotopic (exact) mass is 322 g/mol. The fraction of sp³-hybridized carbons (Fsp3) is 0.250. The topological polar surface area (TPSA) is 34.1 Å². The third-order valence-electron chi connectivity index (χ3n) is 4.57. The summed E-state index contributed by atoms with van der Waals surface area (Å²) in [6.07, 6.45) is 3.73. The van der Waals surface area contributed by atoms with Gasteiger partial charge >= 0.3 is 0 Å². The van der Waals surface area contributed by atoms with Gasteiger partial charge in [-0.05, 0) is 41.9 Å². The van der Waals surface area contributed by atoms with Crippen molar-refractivity contribution in [3.8, 4) is 5.75 Å². The molecule has 24 heavy (non-hydrogen) atoms. The Morgan fingerprint density at radius 3 is 2.75 bits per heavy atom. The molecule has 1 saturated heterocycles. The Kier molecular flexibility index (Phi) is 4.13. The number of nitrogens with one attached hydrogen (secondary N) is 1. The number of benzene rings is 2. The first-order chi connectivity index (χ1) is 11.8. The zero-order chi connectivity index (χ0) is 16.4. The van der Waals surface area contributed by atoms with E-state index in [9.17, 15) is 4.39 Å². The van der Waals surface area contributed by atoms with Crippen LogP contribution in [0.15, 0.2) is 60.9 Å². The Labute approximate surface area is 140 Å². The van der Waals surface area contributed by atoms with Gasteiger partial charge in [0, 0.05) is 24.2 Å². The SMILES string of the molecule is Fc1cncc(C(Oc2ccc3ccccc3c2)C2CCNC2)c1. The van der Waals surface area contributed by atoms with Gasteiger partial charge in [0.15, 0.2) is 0 Å². The predicted octanol–water partition coefficient (Wildman–Crippen LogP) is 4.10. The summed E-state index contributed by atoms with van der Waals surface area (Å²) < 4.78 is 19.9. The largest absolute Gasteiger partial charge is 0.485 e. The molecule has 3 aromatic rings. The molecule has 0 aliphatic carbocycles. The van der Waals surface area contributed by atoms with Gasteiger partial charge in [-0.25, -0.2) is 4.39 Å². The minimum absolute atomic E-state index is 0.204. The van der Waals surface area contributed by atoms with Crippen LogP contribution in [0.5, 0.6) is 5.75 Å². The molecule has 3 nitrogen and oxygen atoms in total. The zero-order valence-electron chi connectivity index (χ0n) is 13.3. The van der Waals surface area contributed by atoms with E-state index in [4.69, 9.17) is 4.74 Å². The molecule has 2 unspecified atom stereocenters. The lowest BCUT2D eigenvalue weighted by molar-refractivity contribution is 0.144. The highest BCUT2D eigenvalue weighted by molar-refractivity contribution is 5.83. The molecule has 4 heteroatoms. The summed E-state index contributed by atoms with van der Waals surface area (Å²) in [5, 5.41) is 5.67. The highest BCUT2D eigenvalue weighted by Gasteiger charge is 2.28. The van der Waals surface area contributed by atoms with Gasteiger partial charge in [-0.3, -0.25) is 4.98 Å². The maximum atomic E-state index is 13.6. The lowest BCUT2D eigenvalue weighted by Crippen LogP contribution is -2.21. The third kappa shape index (κ3) is 3.10. The number of hydrogen-bond acceptors (Lipinski definition) is 3. The average Bonchev–Trinajstić information content (AvgIpc) is 3.14. The number of ether oxygens (including phenoxy) is 1. The van der Waals surface area contributed by atoms with Crippen LogP contribution >= 0.6 is 0 Å². The van der Waals surface area contributed by atoms with Gasteiger partial charge in [-0.15, -0.1) is 0 Å². The second-order valence-corrected chi connectivity index (χ2v) is 6.24. The number of nitrogens with zero attached hydrogens (tertiary/aromatic N) is 1. The first-order valence-corrected chi connectivity index (χ1v) is 8.26. The highest BCUT2D eigenvalue weighted by Crippen LogP contribution is 2.33.